The topological polar surface area (TPSA) is 114 Å². The van der Waals surface area contributed by atoms with Crippen molar-refractivity contribution >= 4 is 17.6 Å². The lowest BCUT2D eigenvalue weighted by molar-refractivity contribution is -0.132. The van der Waals surface area contributed by atoms with Crippen LogP contribution in [0.4, 0.5) is 5.82 Å². The number of aromatic nitrogens is 1. The first-order valence-corrected chi connectivity index (χ1v) is 9.96. The van der Waals surface area contributed by atoms with E-state index < -0.39 is 12.1 Å². The second-order valence-corrected chi connectivity index (χ2v) is 7.66. The molecule has 2 amide bonds. The van der Waals surface area contributed by atoms with Gasteiger partial charge >= 0.3 is 0 Å². The van der Waals surface area contributed by atoms with Crippen molar-refractivity contribution < 1.29 is 9.59 Å². The van der Waals surface area contributed by atoms with Crippen molar-refractivity contribution in [1.82, 2.24) is 15.2 Å². The minimum Gasteiger partial charge on any atom is -0.384 e. The maximum absolute atomic E-state index is 12.8. The molecule has 7 nitrogen and oxygen atoms in total. The van der Waals surface area contributed by atoms with Crippen LogP contribution in [-0.4, -0.2) is 40.3 Å². The molecule has 3 rings (SSSR count). The van der Waals surface area contributed by atoms with Crippen LogP contribution in [-0.2, 0) is 16.1 Å². The molecule has 29 heavy (non-hydrogen) atoms. The molecule has 1 fully saturated rings. The Labute approximate surface area is 171 Å². The molecule has 7 heteroatoms. The Kier molecular flexibility index (Phi) is 6.49. The van der Waals surface area contributed by atoms with E-state index in [1.165, 1.54) is 5.56 Å². The Balaban J connectivity index is 1.64. The number of amides is 2. The molecule has 0 saturated carbocycles. The van der Waals surface area contributed by atoms with E-state index in [-0.39, 0.29) is 17.7 Å². The molecule has 5 N–H and O–H groups in total. The Morgan fingerprint density at radius 3 is 2.62 bits per heavy atom. The molecule has 2 unspecified atom stereocenters. The number of rotatable bonds is 6. The van der Waals surface area contributed by atoms with Gasteiger partial charge in [0, 0.05) is 18.8 Å². The summed E-state index contributed by atoms with van der Waals surface area (Å²) in [5, 5.41) is 2.95. The molecule has 1 aromatic heterocycles. The molecule has 154 valence electrons. The van der Waals surface area contributed by atoms with E-state index in [9.17, 15) is 9.59 Å². The number of carbonyl (C=O) groups excluding carboxylic acids is 2. The molecule has 1 aromatic carbocycles. The van der Waals surface area contributed by atoms with Crippen LogP contribution in [0.25, 0.3) is 0 Å². The van der Waals surface area contributed by atoms with Crippen LogP contribution in [0.1, 0.15) is 42.5 Å². The summed E-state index contributed by atoms with van der Waals surface area (Å²) < 4.78 is 0. The van der Waals surface area contributed by atoms with Crippen LogP contribution < -0.4 is 16.8 Å². The molecule has 0 radical (unpaired) electrons. The normalized spacial score (nSPS) is 20.8. The number of anilines is 1. The van der Waals surface area contributed by atoms with Crippen molar-refractivity contribution in [2.45, 2.75) is 51.2 Å². The van der Waals surface area contributed by atoms with Crippen molar-refractivity contribution in [3.8, 4) is 0 Å². The van der Waals surface area contributed by atoms with Crippen LogP contribution in [0.15, 0.2) is 42.5 Å². The molecule has 0 bridgehead atoms. The van der Waals surface area contributed by atoms with Gasteiger partial charge in [0.05, 0.1) is 12.1 Å². The standard InChI is InChI=1S/C22H29N5O2/c1-14-18(8-9-20(23)26-14)13-25-22(29)15(2)27-11-10-17(12-19(27)21(24)28)16-6-4-3-5-7-16/h3-9,15,17,19H,10-13H2,1-2H3,(H2,23,26)(H2,24,28)(H,25,29)/t15-,17?,19?/m0/s1. The highest BCUT2D eigenvalue weighted by Crippen LogP contribution is 2.32. The molecule has 0 spiro atoms. The number of nitrogens with one attached hydrogen (secondary N) is 1. The molecular formula is C22H29N5O2. The van der Waals surface area contributed by atoms with E-state index in [2.05, 4.69) is 22.4 Å². The van der Waals surface area contributed by atoms with E-state index >= 15 is 0 Å². The van der Waals surface area contributed by atoms with Crippen LogP contribution in [0.2, 0.25) is 0 Å². The number of benzene rings is 1. The third-order valence-electron chi connectivity index (χ3n) is 5.79. The van der Waals surface area contributed by atoms with Gasteiger partial charge in [-0.2, -0.15) is 0 Å². The molecular weight excluding hydrogens is 366 g/mol. The summed E-state index contributed by atoms with van der Waals surface area (Å²) in [5.74, 6) is 0.203. The molecule has 0 aliphatic carbocycles. The monoisotopic (exact) mass is 395 g/mol. The second kappa shape index (κ2) is 9.05. The zero-order valence-corrected chi connectivity index (χ0v) is 17.0. The van der Waals surface area contributed by atoms with Crippen molar-refractivity contribution in [3.63, 3.8) is 0 Å². The summed E-state index contributed by atoms with van der Waals surface area (Å²) in [7, 11) is 0. The number of carbonyl (C=O) groups is 2. The highest BCUT2D eigenvalue weighted by molar-refractivity contribution is 5.84. The number of primary amides is 1. The third-order valence-corrected chi connectivity index (χ3v) is 5.79. The fourth-order valence-electron chi connectivity index (χ4n) is 4.03. The number of aryl methyl sites for hydroxylation is 1. The highest BCUT2D eigenvalue weighted by Gasteiger charge is 2.37. The lowest BCUT2D eigenvalue weighted by Gasteiger charge is -2.40. The Morgan fingerprint density at radius 1 is 1.24 bits per heavy atom. The number of hydrogen-bond donors (Lipinski definition) is 3. The van der Waals surface area contributed by atoms with Crippen LogP contribution in [0.5, 0.6) is 0 Å². The van der Waals surface area contributed by atoms with Crippen molar-refractivity contribution in [3.05, 3.63) is 59.3 Å². The predicted molar refractivity (Wildman–Crippen MR) is 113 cm³/mol. The van der Waals surface area contributed by atoms with Gasteiger partial charge in [0.15, 0.2) is 0 Å². The molecule has 3 atom stereocenters. The van der Waals surface area contributed by atoms with Gasteiger partial charge in [0.1, 0.15) is 5.82 Å². The molecule has 1 aliphatic heterocycles. The molecule has 1 aliphatic rings. The van der Waals surface area contributed by atoms with Gasteiger partial charge < -0.3 is 16.8 Å². The van der Waals surface area contributed by atoms with Crippen molar-refractivity contribution in [2.24, 2.45) is 5.73 Å². The minimum atomic E-state index is -0.463. The first kappa shape index (κ1) is 20.8. The summed E-state index contributed by atoms with van der Waals surface area (Å²) in [6.45, 7) is 4.69. The van der Waals surface area contributed by atoms with Gasteiger partial charge in [-0.15, -0.1) is 0 Å². The minimum absolute atomic E-state index is 0.134. The highest BCUT2D eigenvalue weighted by atomic mass is 16.2. The Hall–Kier alpha value is -2.93. The molecule has 2 aromatic rings. The summed E-state index contributed by atoms with van der Waals surface area (Å²) in [5.41, 5.74) is 14.3. The zero-order chi connectivity index (χ0) is 21.0. The van der Waals surface area contributed by atoms with E-state index in [4.69, 9.17) is 11.5 Å². The summed E-state index contributed by atoms with van der Waals surface area (Å²) in [6.07, 6.45) is 1.50. The first-order chi connectivity index (χ1) is 13.9. The van der Waals surface area contributed by atoms with Crippen molar-refractivity contribution in [2.75, 3.05) is 12.3 Å². The largest absolute Gasteiger partial charge is 0.384 e. The van der Waals surface area contributed by atoms with Crippen LogP contribution >= 0.6 is 0 Å². The molecule has 2 heterocycles. The van der Waals surface area contributed by atoms with E-state index in [1.807, 2.05) is 43.0 Å². The lowest BCUT2D eigenvalue weighted by atomic mass is 9.84. The van der Waals surface area contributed by atoms with Crippen molar-refractivity contribution in [1.29, 1.82) is 0 Å². The summed E-state index contributed by atoms with van der Waals surface area (Å²) in [4.78, 5) is 31.1. The number of nitrogens with two attached hydrogens (primary N) is 2. The van der Waals surface area contributed by atoms with Gasteiger partial charge in [-0.25, -0.2) is 4.98 Å². The van der Waals surface area contributed by atoms with Gasteiger partial charge in [-0.3, -0.25) is 14.5 Å². The number of piperidine rings is 1. The fraction of sp³-hybridized carbons (Fsp3) is 0.409. The van der Waals surface area contributed by atoms with E-state index in [0.29, 0.717) is 25.3 Å². The summed E-state index contributed by atoms with van der Waals surface area (Å²) in [6, 6.07) is 12.8. The number of pyridine rings is 1. The number of likely N-dealkylation sites (tertiary alicyclic amines) is 1. The Bertz CT molecular complexity index is 871. The van der Waals surface area contributed by atoms with Crippen LogP contribution in [0, 0.1) is 6.92 Å². The van der Waals surface area contributed by atoms with Gasteiger partial charge in [-0.1, -0.05) is 36.4 Å². The van der Waals surface area contributed by atoms with Gasteiger partial charge in [0.2, 0.25) is 11.8 Å². The SMILES string of the molecule is Cc1nc(N)ccc1CNC(=O)[C@H](C)N1CCC(c2ccccc2)CC1C(N)=O. The van der Waals surface area contributed by atoms with E-state index in [0.717, 1.165) is 17.7 Å². The second-order valence-electron chi connectivity index (χ2n) is 7.66. The first-order valence-electron chi connectivity index (χ1n) is 9.96. The average molecular weight is 396 g/mol. The fourth-order valence-corrected chi connectivity index (χ4v) is 4.03. The quantitative estimate of drug-likeness (QED) is 0.689. The smallest absolute Gasteiger partial charge is 0.237 e. The number of nitrogen functional groups attached to an aromatic ring is 1. The van der Waals surface area contributed by atoms with E-state index in [1.54, 1.807) is 6.07 Å². The average Bonchev–Trinajstić information content (AvgIpc) is 2.72. The maximum Gasteiger partial charge on any atom is 0.237 e. The molecule has 1 saturated heterocycles. The van der Waals surface area contributed by atoms with Crippen LogP contribution in [0.3, 0.4) is 0 Å². The zero-order valence-electron chi connectivity index (χ0n) is 17.0. The number of hydrogen-bond acceptors (Lipinski definition) is 5. The number of nitrogens with zero attached hydrogens (tertiary/aromatic N) is 2. The maximum atomic E-state index is 12.8. The third kappa shape index (κ3) is 4.92. The van der Waals surface area contributed by atoms with Gasteiger partial charge in [-0.05, 0) is 49.8 Å². The lowest BCUT2D eigenvalue weighted by Crippen LogP contribution is -2.56. The summed E-state index contributed by atoms with van der Waals surface area (Å²) >= 11 is 0. The van der Waals surface area contributed by atoms with Gasteiger partial charge in [0.25, 0.3) is 0 Å². The Morgan fingerprint density at radius 2 is 1.97 bits per heavy atom. The predicted octanol–water partition coefficient (Wildman–Crippen LogP) is 1.71.